The van der Waals surface area contributed by atoms with Crippen molar-refractivity contribution in [2.75, 3.05) is 10.2 Å². The molecular weight excluding hydrogens is 365 g/mol. The van der Waals surface area contributed by atoms with Crippen molar-refractivity contribution in [1.29, 1.82) is 0 Å². The van der Waals surface area contributed by atoms with Gasteiger partial charge in [0.2, 0.25) is 5.95 Å². The Morgan fingerprint density at radius 3 is 2.84 bits per heavy atom. The van der Waals surface area contributed by atoms with E-state index in [2.05, 4.69) is 37.5 Å². The first-order valence-corrected chi connectivity index (χ1v) is 7.17. The first-order chi connectivity index (χ1) is 9.11. The first kappa shape index (κ1) is 13.0. The van der Waals surface area contributed by atoms with E-state index in [9.17, 15) is 10.2 Å². The van der Waals surface area contributed by atoms with Crippen LogP contribution in [0, 0.1) is 0 Å². The van der Waals surface area contributed by atoms with Gasteiger partial charge in [-0.05, 0) is 0 Å². The van der Waals surface area contributed by atoms with Crippen LogP contribution in [0.4, 0.5) is 5.95 Å². The second-order valence-corrected chi connectivity index (χ2v) is 5.17. The number of rotatable bonds is 2. The summed E-state index contributed by atoms with van der Waals surface area (Å²) in [6.45, 7) is 0. The number of nitrogens with zero attached hydrogens (tertiary/aromatic N) is 4. The van der Waals surface area contributed by atoms with Crippen molar-refractivity contribution in [3.8, 4) is 0 Å². The number of nitrogen functional groups attached to an aromatic ring is 1. The van der Waals surface area contributed by atoms with E-state index in [4.69, 9.17) is 10.5 Å². The van der Waals surface area contributed by atoms with Gasteiger partial charge in [0, 0.05) is 4.43 Å². The van der Waals surface area contributed by atoms with Crippen LogP contribution in [0.1, 0.15) is 6.23 Å². The third-order valence-electron chi connectivity index (χ3n) is 3.10. The fourth-order valence-corrected chi connectivity index (χ4v) is 2.84. The number of anilines is 1. The number of hydrogen-bond donors (Lipinski definition) is 3. The summed E-state index contributed by atoms with van der Waals surface area (Å²) >= 11 is 2.10. The monoisotopic (exact) mass is 377 g/mol. The van der Waals surface area contributed by atoms with Crippen LogP contribution in [0.15, 0.2) is 12.5 Å². The molecule has 0 radical (unpaired) electrons. The third-order valence-corrected chi connectivity index (χ3v) is 3.97. The highest BCUT2D eigenvalue weighted by atomic mass is 127. The largest absolute Gasteiger partial charge is 0.387 e. The molecule has 0 aromatic carbocycles. The fraction of sp³-hybridized carbons (Fsp3) is 0.500. The molecule has 1 saturated heterocycles. The summed E-state index contributed by atoms with van der Waals surface area (Å²) in [5.74, 6) is 0.118. The molecule has 2 aromatic heterocycles. The Morgan fingerprint density at radius 1 is 1.37 bits per heavy atom. The van der Waals surface area contributed by atoms with Gasteiger partial charge in [-0.3, -0.25) is 4.57 Å². The maximum absolute atomic E-state index is 10.1. The molecule has 19 heavy (non-hydrogen) atoms. The lowest BCUT2D eigenvalue weighted by atomic mass is 10.1. The Morgan fingerprint density at radius 2 is 2.16 bits per heavy atom. The quantitative estimate of drug-likeness (QED) is 0.475. The van der Waals surface area contributed by atoms with Crippen LogP contribution < -0.4 is 5.73 Å². The van der Waals surface area contributed by atoms with Gasteiger partial charge in [-0.25, -0.2) is 9.97 Å². The number of aliphatic hydroxyl groups excluding tert-OH is 2. The lowest BCUT2D eigenvalue weighted by Crippen LogP contribution is -2.32. The average Bonchev–Trinajstić information content (AvgIpc) is 2.92. The summed E-state index contributed by atoms with van der Waals surface area (Å²) in [5.41, 5.74) is 6.57. The lowest BCUT2D eigenvalue weighted by molar-refractivity contribution is -0.0283. The Labute approximate surface area is 121 Å². The maximum Gasteiger partial charge on any atom is 0.222 e. The van der Waals surface area contributed by atoms with E-state index in [0.29, 0.717) is 15.6 Å². The van der Waals surface area contributed by atoms with Crippen molar-refractivity contribution in [2.24, 2.45) is 0 Å². The maximum atomic E-state index is 10.1. The van der Waals surface area contributed by atoms with Crippen LogP contribution in [-0.4, -0.2) is 52.5 Å². The van der Waals surface area contributed by atoms with E-state index in [1.54, 1.807) is 4.57 Å². The van der Waals surface area contributed by atoms with Crippen molar-refractivity contribution in [1.82, 2.24) is 19.5 Å². The summed E-state index contributed by atoms with van der Waals surface area (Å²) in [6, 6.07) is 0. The van der Waals surface area contributed by atoms with Gasteiger partial charge < -0.3 is 20.7 Å². The van der Waals surface area contributed by atoms with Gasteiger partial charge in [-0.1, -0.05) is 22.6 Å². The van der Waals surface area contributed by atoms with E-state index >= 15 is 0 Å². The molecule has 1 fully saturated rings. The zero-order chi connectivity index (χ0) is 13.6. The van der Waals surface area contributed by atoms with Crippen LogP contribution in [-0.2, 0) is 4.74 Å². The molecule has 3 heterocycles. The number of alkyl halides is 1. The average molecular weight is 377 g/mol. The summed E-state index contributed by atoms with van der Waals surface area (Å²) in [4.78, 5) is 12.1. The minimum Gasteiger partial charge on any atom is -0.387 e. The van der Waals surface area contributed by atoms with E-state index in [0.717, 1.165) is 0 Å². The van der Waals surface area contributed by atoms with Crippen molar-refractivity contribution in [3.63, 3.8) is 0 Å². The highest BCUT2D eigenvalue weighted by Gasteiger charge is 2.43. The van der Waals surface area contributed by atoms with Crippen LogP contribution in [0.2, 0.25) is 0 Å². The molecule has 0 aliphatic carbocycles. The second-order valence-electron chi connectivity index (χ2n) is 4.29. The molecule has 2 aromatic rings. The van der Waals surface area contributed by atoms with Gasteiger partial charge in [-0.15, -0.1) is 0 Å². The van der Waals surface area contributed by atoms with Gasteiger partial charge in [0.05, 0.1) is 18.6 Å². The summed E-state index contributed by atoms with van der Waals surface area (Å²) in [5, 5.41) is 19.9. The van der Waals surface area contributed by atoms with Crippen LogP contribution in [0.3, 0.4) is 0 Å². The standard InChI is InChI=1S/C10H12IN5O3/c11-1-5-6(17)7(18)9(19-5)16-3-14-4-2-13-10(12)15-8(4)16/h2-3,5-7,9,17-18H,1H2,(H2,12,13,15)/t5-,6-,7-,9-/m1/s1. The highest BCUT2D eigenvalue weighted by Crippen LogP contribution is 2.32. The van der Waals surface area contributed by atoms with Gasteiger partial charge >= 0.3 is 0 Å². The lowest BCUT2D eigenvalue weighted by Gasteiger charge is -2.16. The number of halogens is 1. The predicted octanol–water partition coefficient (Wildman–Crippen LogP) is -0.537. The van der Waals surface area contributed by atoms with Gasteiger partial charge in [0.1, 0.15) is 17.7 Å². The first-order valence-electron chi connectivity index (χ1n) is 5.64. The Bertz CT molecular complexity index is 606. The Balaban J connectivity index is 2.03. The molecule has 0 unspecified atom stereocenters. The van der Waals surface area contributed by atoms with Crippen LogP contribution in [0.25, 0.3) is 11.2 Å². The number of fused-ring (bicyclic) bond motifs is 1. The highest BCUT2D eigenvalue weighted by molar-refractivity contribution is 14.1. The molecule has 3 rings (SSSR count). The zero-order valence-corrected chi connectivity index (χ0v) is 11.9. The van der Waals surface area contributed by atoms with Gasteiger partial charge in [0.15, 0.2) is 11.9 Å². The van der Waals surface area contributed by atoms with Crippen molar-refractivity contribution in [3.05, 3.63) is 12.5 Å². The summed E-state index contributed by atoms with van der Waals surface area (Å²) in [6.07, 6.45) is -0.116. The number of imidazole rings is 1. The Hall–Kier alpha value is -1.04. The normalized spacial score (nSPS) is 31.1. The number of hydrogen-bond acceptors (Lipinski definition) is 7. The van der Waals surface area contributed by atoms with Crippen molar-refractivity contribution < 1.29 is 14.9 Å². The molecule has 9 heteroatoms. The van der Waals surface area contributed by atoms with Crippen molar-refractivity contribution >= 4 is 39.7 Å². The fourth-order valence-electron chi connectivity index (χ4n) is 2.11. The van der Waals surface area contributed by atoms with E-state index in [1.165, 1.54) is 12.5 Å². The molecule has 0 spiro atoms. The molecule has 8 nitrogen and oxygen atoms in total. The number of ether oxygens (including phenoxy) is 1. The molecule has 102 valence electrons. The second kappa shape index (κ2) is 4.81. The molecule has 4 atom stereocenters. The molecule has 0 bridgehead atoms. The zero-order valence-electron chi connectivity index (χ0n) is 9.72. The van der Waals surface area contributed by atoms with E-state index in [-0.39, 0.29) is 5.95 Å². The van der Waals surface area contributed by atoms with Crippen LogP contribution in [0.5, 0.6) is 0 Å². The molecular formula is C10H12IN5O3. The SMILES string of the molecule is Nc1ncc2ncn([C@@H]3O[C@H](CI)[C@@H](O)[C@H]3O)c2n1. The number of aliphatic hydroxyl groups is 2. The predicted molar refractivity (Wildman–Crippen MR) is 74.5 cm³/mol. The number of nitrogens with two attached hydrogens (primary N) is 1. The minimum absolute atomic E-state index is 0.118. The van der Waals surface area contributed by atoms with Gasteiger partial charge in [0.25, 0.3) is 0 Å². The molecule has 4 N–H and O–H groups in total. The summed E-state index contributed by atoms with van der Waals surface area (Å²) in [7, 11) is 0. The molecule has 1 aliphatic heterocycles. The third kappa shape index (κ3) is 2.06. The van der Waals surface area contributed by atoms with Crippen LogP contribution >= 0.6 is 22.6 Å². The van der Waals surface area contributed by atoms with E-state index < -0.39 is 24.5 Å². The topological polar surface area (TPSA) is 119 Å². The van der Waals surface area contributed by atoms with Crippen molar-refractivity contribution in [2.45, 2.75) is 24.5 Å². The van der Waals surface area contributed by atoms with Gasteiger partial charge in [-0.2, -0.15) is 4.98 Å². The van der Waals surface area contributed by atoms with E-state index in [1.807, 2.05) is 0 Å². The molecule has 0 saturated carbocycles. The minimum atomic E-state index is -1.03. The summed E-state index contributed by atoms with van der Waals surface area (Å²) < 4.78 is 7.78. The smallest absolute Gasteiger partial charge is 0.222 e. The Kier molecular flexibility index (Phi) is 3.28. The molecule has 1 aliphatic rings. The molecule has 0 amide bonds. The number of aromatic nitrogens is 4.